The first-order valence-corrected chi connectivity index (χ1v) is 12.7. The largest absolute Gasteiger partial charge is 0.440 e. The van der Waals surface area contributed by atoms with Crippen molar-refractivity contribution in [2.45, 2.75) is 38.3 Å². The van der Waals surface area contributed by atoms with Crippen LogP contribution in [0.3, 0.4) is 0 Å². The maximum Gasteiger partial charge on any atom is 0.255 e. The Morgan fingerprint density at radius 1 is 1.06 bits per heavy atom. The van der Waals surface area contributed by atoms with E-state index in [4.69, 9.17) is 27.9 Å². The van der Waals surface area contributed by atoms with Crippen molar-refractivity contribution in [2.75, 3.05) is 20.1 Å². The van der Waals surface area contributed by atoms with Gasteiger partial charge in [-0.1, -0.05) is 60.8 Å². The maximum absolute atomic E-state index is 13.6. The molecule has 2 unspecified atom stereocenters. The van der Waals surface area contributed by atoms with Crippen molar-refractivity contribution >= 4 is 35.2 Å². The smallest absolute Gasteiger partial charge is 0.255 e. The van der Waals surface area contributed by atoms with Crippen LogP contribution in [-0.2, 0) is 9.53 Å². The number of halogens is 2. The molecule has 1 amide bonds. The van der Waals surface area contributed by atoms with Gasteiger partial charge in [0, 0.05) is 34.6 Å². The molecule has 0 aliphatic carbocycles. The number of amides is 1. The Morgan fingerprint density at radius 3 is 2.37 bits per heavy atom. The minimum atomic E-state index is -0.571. The molecule has 2 aromatic rings. The summed E-state index contributed by atoms with van der Waals surface area (Å²) in [5, 5.41) is 8.07. The van der Waals surface area contributed by atoms with Gasteiger partial charge in [0.2, 0.25) is 5.88 Å². The summed E-state index contributed by atoms with van der Waals surface area (Å²) < 4.78 is 6.58. The molecule has 7 heteroatoms. The predicted molar refractivity (Wildman–Crippen MR) is 141 cm³/mol. The fourth-order valence-electron chi connectivity index (χ4n) is 5.25. The highest BCUT2D eigenvalue weighted by Crippen LogP contribution is 2.46. The van der Waals surface area contributed by atoms with Gasteiger partial charge >= 0.3 is 0 Å². The standard InChI is InChI=1S/C28H29Cl2N3O2/c1-4-13-28(2)31-26(34)24-23(18-7-11-21(30)12-8-18)22-16-33(3)15-19(25(22)35-27(24)32-28)14-17-5-9-20(29)10-6-17/h5-12,14,23,32H,4,13,15-16H2,1-3H3,(H,31,34)/b19-14-. The van der Waals surface area contributed by atoms with Crippen molar-refractivity contribution in [1.29, 1.82) is 0 Å². The molecule has 2 aromatic carbocycles. The molecule has 35 heavy (non-hydrogen) atoms. The number of nitrogens with one attached hydrogen (secondary N) is 2. The van der Waals surface area contributed by atoms with Crippen molar-refractivity contribution in [1.82, 2.24) is 15.5 Å². The molecule has 0 spiro atoms. The van der Waals surface area contributed by atoms with E-state index >= 15 is 0 Å². The Labute approximate surface area is 216 Å². The Hall–Kier alpha value is -2.73. The van der Waals surface area contributed by atoms with E-state index in [-0.39, 0.29) is 11.8 Å². The third kappa shape index (κ3) is 4.73. The van der Waals surface area contributed by atoms with Gasteiger partial charge in [0.15, 0.2) is 0 Å². The summed E-state index contributed by atoms with van der Waals surface area (Å²) in [6.07, 6.45) is 3.85. The minimum absolute atomic E-state index is 0.0994. The number of hydrogen-bond acceptors (Lipinski definition) is 4. The summed E-state index contributed by atoms with van der Waals surface area (Å²) >= 11 is 12.3. The van der Waals surface area contributed by atoms with Crippen LogP contribution in [0, 0.1) is 0 Å². The molecule has 0 fully saturated rings. The second-order valence-electron chi connectivity index (χ2n) is 9.74. The van der Waals surface area contributed by atoms with Crippen molar-refractivity contribution in [3.63, 3.8) is 0 Å². The molecule has 182 valence electrons. The summed E-state index contributed by atoms with van der Waals surface area (Å²) in [6, 6.07) is 15.5. The zero-order valence-electron chi connectivity index (χ0n) is 20.1. The first-order valence-electron chi connectivity index (χ1n) is 11.9. The lowest BCUT2D eigenvalue weighted by molar-refractivity contribution is -0.121. The summed E-state index contributed by atoms with van der Waals surface area (Å²) in [5.74, 6) is 1.02. The molecule has 0 saturated carbocycles. The molecule has 2 N–H and O–H groups in total. The van der Waals surface area contributed by atoms with Gasteiger partial charge < -0.3 is 15.4 Å². The first kappa shape index (κ1) is 24.0. The van der Waals surface area contributed by atoms with Crippen molar-refractivity contribution < 1.29 is 9.53 Å². The van der Waals surface area contributed by atoms with Crippen LogP contribution in [0.15, 0.2) is 76.9 Å². The lowest BCUT2D eigenvalue weighted by atomic mass is 9.78. The zero-order valence-corrected chi connectivity index (χ0v) is 21.6. The number of rotatable bonds is 4. The van der Waals surface area contributed by atoms with E-state index in [0.717, 1.165) is 47.4 Å². The van der Waals surface area contributed by atoms with Gasteiger partial charge in [0.25, 0.3) is 5.91 Å². The van der Waals surface area contributed by atoms with Crippen LogP contribution in [0.2, 0.25) is 10.0 Å². The fourth-order valence-corrected chi connectivity index (χ4v) is 5.50. The summed E-state index contributed by atoms with van der Waals surface area (Å²) in [5.41, 5.74) is 4.22. The monoisotopic (exact) mass is 509 g/mol. The third-order valence-electron chi connectivity index (χ3n) is 6.74. The summed E-state index contributed by atoms with van der Waals surface area (Å²) in [6.45, 7) is 5.53. The first-order chi connectivity index (χ1) is 16.8. The topological polar surface area (TPSA) is 53.6 Å². The summed E-state index contributed by atoms with van der Waals surface area (Å²) in [7, 11) is 2.08. The molecule has 3 aliphatic rings. The number of ether oxygens (including phenoxy) is 1. The number of hydrogen-bond donors (Lipinski definition) is 2. The lowest BCUT2D eigenvalue weighted by Gasteiger charge is -2.45. The number of carbonyl (C=O) groups is 1. The van der Waals surface area contributed by atoms with Crippen LogP contribution in [0.25, 0.3) is 6.08 Å². The SMILES string of the molecule is CCCC1(C)NC(=O)C2=C(N1)OC1=C(CN(C)C/C1=C/c1ccc(Cl)cc1)C2c1ccc(Cl)cc1. The van der Waals surface area contributed by atoms with E-state index in [2.05, 4.69) is 35.6 Å². The Morgan fingerprint density at radius 2 is 1.71 bits per heavy atom. The van der Waals surface area contributed by atoms with Gasteiger partial charge in [-0.3, -0.25) is 9.69 Å². The van der Waals surface area contributed by atoms with Gasteiger partial charge in [-0.05, 0) is 67.4 Å². The van der Waals surface area contributed by atoms with Crippen molar-refractivity contribution in [2.24, 2.45) is 0 Å². The van der Waals surface area contributed by atoms with Gasteiger partial charge in [-0.15, -0.1) is 0 Å². The van der Waals surface area contributed by atoms with Crippen LogP contribution in [0.1, 0.15) is 43.7 Å². The van der Waals surface area contributed by atoms with E-state index < -0.39 is 5.66 Å². The average Bonchev–Trinajstić information content (AvgIpc) is 2.80. The number of likely N-dealkylation sites (N-methyl/N-ethyl adjacent to an activating group) is 1. The van der Waals surface area contributed by atoms with Crippen molar-refractivity contribution in [3.8, 4) is 0 Å². The highest BCUT2D eigenvalue weighted by molar-refractivity contribution is 6.30. The number of nitrogens with zero attached hydrogens (tertiary/aromatic N) is 1. The van der Waals surface area contributed by atoms with E-state index in [1.165, 1.54) is 0 Å². The summed E-state index contributed by atoms with van der Waals surface area (Å²) in [4.78, 5) is 15.8. The van der Waals surface area contributed by atoms with E-state index in [1.807, 2.05) is 55.5 Å². The molecular weight excluding hydrogens is 481 g/mol. The molecule has 0 aromatic heterocycles. The highest BCUT2D eigenvalue weighted by Gasteiger charge is 2.45. The van der Waals surface area contributed by atoms with Crippen molar-refractivity contribution in [3.05, 3.63) is 98.1 Å². The van der Waals surface area contributed by atoms with Crippen LogP contribution < -0.4 is 10.6 Å². The average molecular weight is 510 g/mol. The lowest BCUT2D eigenvalue weighted by Crippen LogP contribution is -2.61. The molecule has 5 rings (SSSR count). The number of carbonyl (C=O) groups excluding carboxylic acids is 1. The zero-order chi connectivity index (χ0) is 24.7. The third-order valence-corrected chi connectivity index (χ3v) is 7.24. The molecule has 5 nitrogen and oxygen atoms in total. The number of benzene rings is 2. The Kier molecular flexibility index (Phi) is 6.43. The van der Waals surface area contributed by atoms with Gasteiger partial charge in [-0.25, -0.2) is 0 Å². The highest BCUT2D eigenvalue weighted by atomic mass is 35.5. The second-order valence-corrected chi connectivity index (χ2v) is 10.6. The van der Waals surface area contributed by atoms with Gasteiger partial charge in [-0.2, -0.15) is 0 Å². The fraction of sp³-hybridized carbons (Fsp3) is 0.321. The van der Waals surface area contributed by atoms with Crippen LogP contribution in [0.5, 0.6) is 0 Å². The van der Waals surface area contributed by atoms with Crippen LogP contribution >= 0.6 is 23.2 Å². The maximum atomic E-state index is 13.6. The molecule has 3 heterocycles. The molecule has 2 atom stereocenters. The molecule has 3 aliphatic heterocycles. The van der Waals surface area contributed by atoms with E-state index in [9.17, 15) is 4.79 Å². The predicted octanol–water partition coefficient (Wildman–Crippen LogP) is 5.84. The van der Waals surface area contributed by atoms with Crippen LogP contribution in [-0.4, -0.2) is 36.6 Å². The molecular formula is C28H29Cl2N3O2. The minimum Gasteiger partial charge on any atom is -0.440 e. The van der Waals surface area contributed by atoms with Crippen LogP contribution in [0.4, 0.5) is 0 Å². The van der Waals surface area contributed by atoms with Gasteiger partial charge in [0.1, 0.15) is 11.4 Å². The molecule has 0 radical (unpaired) electrons. The molecule has 0 bridgehead atoms. The Balaban J connectivity index is 1.66. The van der Waals surface area contributed by atoms with Gasteiger partial charge in [0.05, 0.1) is 5.57 Å². The normalized spacial score (nSPS) is 25.6. The van der Waals surface area contributed by atoms with E-state index in [0.29, 0.717) is 28.0 Å². The quantitative estimate of drug-likeness (QED) is 0.543. The Bertz CT molecular complexity index is 1250. The second kappa shape index (κ2) is 9.38. The molecule has 0 saturated heterocycles. The van der Waals surface area contributed by atoms with E-state index in [1.54, 1.807) is 0 Å².